The summed E-state index contributed by atoms with van der Waals surface area (Å²) in [5.74, 6) is -0.389. The van der Waals surface area contributed by atoms with Gasteiger partial charge in [-0.05, 0) is 97.7 Å². The first kappa shape index (κ1) is 35.9. The molecule has 1 aromatic heterocycles. The molecule has 3 aliphatic rings. The van der Waals surface area contributed by atoms with Gasteiger partial charge in [-0.1, -0.05) is 11.6 Å². The first-order valence-electron chi connectivity index (χ1n) is 16.8. The zero-order valence-corrected chi connectivity index (χ0v) is 29.6. The molecule has 0 bridgehead atoms. The number of benzene rings is 1. The Bertz CT molecular complexity index is 1410. The lowest BCUT2D eigenvalue weighted by atomic mass is 9.73. The van der Waals surface area contributed by atoms with Crippen LogP contribution >= 0.6 is 11.6 Å². The van der Waals surface area contributed by atoms with E-state index < -0.39 is 30.0 Å². The van der Waals surface area contributed by atoms with Gasteiger partial charge >= 0.3 is 19.2 Å². The van der Waals surface area contributed by atoms with E-state index in [4.69, 9.17) is 45.0 Å². The van der Waals surface area contributed by atoms with Crippen molar-refractivity contribution in [3.8, 4) is 0 Å². The Balaban J connectivity index is 1.22. The maximum absolute atomic E-state index is 12.7. The first-order chi connectivity index (χ1) is 22.1. The summed E-state index contributed by atoms with van der Waals surface area (Å²) in [5, 5.41) is 9.38. The minimum Gasteiger partial charge on any atom is -0.465 e. The number of nitrogens with one attached hydrogen (secondary N) is 1. The molecule has 2 atom stereocenters. The molecular weight excluding hydrogens is 627 g/mol. The summed E-state index contributed by atoms with van der Waals surface area (Å²) in [6.45, 7) is 16.1. The molecule has 1 aromatic carbocycles. The van der Waals surface area contributed by atoms with Crippen LogP contribution in [0.25, 0.3) is 10.9 Å². The van der Waals surface area contributed by atoms with Gasteiger partial charge in [-0.25, -0.2) is 9.48 Å². The summed E-state index contributed by atoms with van der Waals surface area (Å²) in [6, 6.07) is 1.71. The Morgan fingerprint density at radius 1 is 1.15 bits per heavy atom. The third-order valence-electron chi connectivity index (χ3n) is 9.20. The number of aromatic nitrogens is 2. The monoisotopic (exact) mass is 676 g/mol. The molecule has 1 N–H and O–H groups in total. The number of hydrogen-bond donors (Lipinski definition) is 1. The van der Waals surface area contributed by atoms with Crippen LogP contribution in [0.4, 0.5) is 4.79 Å². The molecule has 3 aliphatic heterocycles. The molecule has 47 heavy (non-hydrogen) atoms. The number of fused-ring (bicyclic) bond motifs is 1. The normalized spacial score (nSPS) is 23.1. The molecule has 3 saturated heterocycles. The zero-order chi connectivity index (χ0) is 34.0. The average molecular weight is 677 g/mol. The predicted octanol–water partition coefficient (Wildman–Crippen LogP) is 4.39. The zero-order valence-electron chi connectivity index (χ0n) is 28.9. The minimum atomic E-state index is -0.644. The van der Waals surface area contributed by atoms with Crippen molar-refractivity contribution >= 4 is 47.1 Å². The minimum absolute atomic E-state index is 0.00943. The van der Waals surface area contributed by atoms with Gasteiger partial charge in [0.25, 0.3) is 0 Å². The number of carbonyl (C=O) groups is 2. The maximum atomic E-state index is 12.7. The number of nitrogens with zero attached hydrogens (tertiary/aromatic N) is 3. The lowest BCUT2D eigenvalue weighted by Crippen LogP contribution is -2.47. The van der Waals surface area contributed by atoms with Gasteiger partial charge in [-0.15, -0.1) is 0 Å². The summed E-state index contributed by atoms with van der Waals surface area (Å²) in [7, 11) is -0.644. The summed E-state index contributed by atoms with van der Waals surface area (Å²) in [6.07, 6.45) is 5.40. The molecule has 4 heterocycles. The van der Waals surface area contributed by atoms with E-state index in [1.54, 1.807) is 4.90 Å². The van der Waals surface area contributed by atoms with E-state index in [1.165, 1.54) is 0 Å². The van der Waals surface area contributed by atoms with Crippen molar-refractivity contribution in [2.45, 2.75) is 110 Å². The van der Waals surface area contributed by atoms with Crippen LogP contribution < -0.4 is 10.8 Å². The van der Waals surface area contributed by atoms with Gasteiger partial charge in [0.1, 0.15) is 5.60 Å². The number of amides is 1. The van der Waals surface area contributed by atoms with Crippen LogP contribution in [0.3, 0.4) is 0 Å². The number of esters is 1. The molecule has 3 fully saturated rings. The summed E-state index contributed by atoms with van der Waals surface area (Å²) in [5.41, 5.74) is 0.935. The molecule has 5 rings (SSSR count). The summed E-state index contributed by atoms with van der Waals surface area (Å²) in [4.78, 5) is 26.9. The highest BCUT2D eigenvalue weighted by Gasteiger charge is 2.53. The van der Waals surface area contributed by atoms with Crippen LogP contribution in [0.15, 0.2) is 12.3 Å². The quantitative estimate of drug-likeness (QED) is 0.233. The number of rotatable bonds is 9. The fraction of sp³-hybridized carbons (Fsp3) is 0.727. The highest BCUT2D eigenvalue weighted by molar-refractivity contribution is 6.66. The molecule has 260 valence electrons. The number of halogens is 1. The van der Waals surface area contributed by atoms with Crippen molar-refractivity contribution in [1.82, 2.24) is 20.0 Å². The summed E-state index contributed by atoms with van der Waals surface area (Å²) < 4.78 is 37.7. The van der Waals surface area contributed by atoms with Crippen molar-refractivity contribution in [1.29, 1.82) is 0 Å². The Labute approximate surface area is 283 Å². The van der Waals surface area contributed by atoms with Gasteiger partial charge in [-0.3, -0.25) is 4.79 Å². The van der Waals surface area contributed by atoms with Crippen molar-refractivity contribution in [3.63, 3.8) is 0 Å². The molecule has 12 nitrogen and oxygen atoms in total. The lowest BCUT2D eigenvalue weighted by Gasteiger charge is -2.32. The molecule has 0 radical (unpaired) electrons. The second-order valence-corrected chi connectivity index (χ2v) is 15.0. The number of ether oxygens (including phenoxy) is 4. The van der Waals surface area contributed by atoms with Gasteiger partial charge in [0, 0.05) is 36.1 Å². The second kappa shape index (κ2) is 14.6. The van der Waals surface area contributed by atoms with E-state index in [0.29, 0.717) is 50.8 Å². The van der Waals surface area contributed by atoms with Crippen LogP contribution in [0.5, 0.6) is 0 Å². The first-order valence-corrected chi connectivity index (χ1v) is 17.1. The van der Waals surface area contributed by atoms with E-state index in [-0.39, 0.29) is 31.4 Å². The maximum Gasteiger partial charge on any atom is 0.495 e. The predicted molar refractivity (Wildman–Crippen MR) is 179 cm³/mol. The van der Waals surface area contributed by atoms with Crippen molar-refractivity contribution in [2.75, 3.05) is 46.1 Å². The Morgan fingerprint density at radius 3 is 2.57 bits per heavy atom. The highest BCUT2D eigenvalue weighted by atomic mass is 35.5. The lowest BCUT2D eigenvalue weighted by molar-refractivity contribution is -0.142. The van der Waals surface area contributed by atoms with Crippen molar-refractivity contribution < 1.29 is 37.8 Å². The van der Waals surface area contributed by atoms with Crippen LogP contribution in [0.2, 0.25) is 5.02 Å². The topological polar surface area (TPSA) is 123 Å². The molecule has 0 aliphatic carbocycles. The van der Waals surface area contributed by atoms with Gasteiger partial charge < -0.3 is 38.5 Å². The van der Waals surface area contributed by atoms with Crippen LogP contribution in [-0.2, 0) is 39.5 Å². The number of carbonyl (C=O) groups excluding carboxylic acids is 2. The van der Waals surface area contributed by atoms with Gasteiger partial charge in [0.15, 0.2) is 6.23 Å². The highest BCUT2D eigenvalue weighted by Crippen LogP contribution is 2.38. The smallest absolute Gasteiger partial charge is 0.465 e. The van der Waals surface area contributed by atoms with Gasteiger partial charge in [0.05, 0.1) is 49.3 Å². The van der Waals surface area contributed by atoms with Crippen molar-refractivity contribution in [2.24, 2.45) is 0 Å². The molecule has 14 heteroatoms. The summed E-state index contributed by atoms with van der Waals surface area (Å²) >= 11 is 7.00. The van der Waals surface area contributed by atoms with Crippen LogP contribution in [0.1, 0.15) is 85.9 Å². The Morgan fingerprint density at radius 2 is 1.89 bits per heavy atom. The molecular formula is C33H50BClN4O8. The van der Waals surface area contributed by atoms with E-state index in [0.717, 1.165) is 41.2 Å². The van der Waals surface area contributed by atoms with Gasteiger partial charge in [-0.2, -0.15) is 5.10 Å². The molecule has 0 saturated carbocycles. The average Bonchev–Trinajstić information content (AvgIpc) is 3.37. The molecule has 1 amide bonds. The van der Waals surface area contributed by atoms with Crippen molar-refractivity contribution in [3.05, 3.63) is 22.8 Å². The van der Waals surface area contributed by atoms with E-state index in [2.05, 4.69) is 5.32 Å². The molecule has 0 unspecified atom stereocenters. The van der Waals surface area contributed by atoms with E-state index in [9.17, 15) is 9.59 Å². The third kappa shape index (κ3) is 8.61. The number of hydrogen-bond acceptors (Lipinski definition) is 10. The Kier molecular flexibility index (Phi) is 11.1. The Hall–Kier alpha value is -2.42. The fourth-order valence-corrected chi connectivity index (χ4v) is 6.29. The van der Waals surface area contributed by atoms with Gasteiger partial charge in [0.2, 0.25) is 0 Å². The van der Waals surface area contributed by atoms with Crippen LogP contribution in [-0.4, -0.2) is 103 Å². The van der Waals surface area contributed by atoms with E-state index in [1.807, 2.05) is 65.4 Å². The fourth-order valence-electron chi connectivity index (χ4n) is 5.99. The molecule has 2 aromatic rings. The molecule has 0 spiro atoms. The third-order valence-corrected chi connectivity index (χ3v) is 9.54. The largest absolute Gasteiger partial charge is 0.495 e. The standard InChI is InChI=1S/C33H50BClN4O8/c1-31(2,3)45-30(41)38-13-16-42-21-22(20-38)36-19-28(40)44-15-10-11-23-25(35)17-26-24(18-37-39(26)27-12-8-9-14-43-27)29(23)34-46-32(4,5)33(6,7)47-34/h17-18,22,27,36H,8-16,19-21H2,1-7H3/t22-,27-/m0/s1. The van der Waals surface area contributed by atoms with Crippen LogP contribution in [0, 0.1) is 0 Å². The second-order valence-electron chi connectivity index (χ2n) is 14.6. The SMILES string of the molecule is CC(C)(C)OC(=O)N1CCOC[C@@H](NCC(=O)OCCCc2c(Cl)cc3c(cnn3[C@@H]3CCCCO3)c2B2OC(C)(C)C(C)(C)O2)C1. The van der Waals surface area contributed by atoms with E-state index >= 15 is 0 Å².